The highest BCUT2D eigenvalue weighted by atomic mass is 32.2. The lowest BCUT2D eigenvalue weighted by molar-refractivity contribution is 0.0521. The Bertz CT molecular complexity index is 1540. The van der Waals surface area contributed by atoms with Gasteiger partial charge in [0.1, 0.15) is 17.6 Å². The SMILES string of the molecule is COc1ccccc1Oc1c(S(=O)(=O)Nc2ccccc2)cc(-c2nn[nH]n2)c(C(C)(C)C)c1OCC(O)CO. The van der Waals surface area contributed by atoms with Crippen molar-refractivity contribution < 1.29 is 32.8 Å². The number of tetrazole rings is 1. The van der Waals surface area contributed by atoms with Gasteiger partial charge in [-0.05, 0) is 41.0 Å². The van der Waals surface area contributed by atoms with E-state index in [1.54, 1.807) is 54.6 Å². The van der Waals surface area contributed by atoms with Crippen molar-refractivity contribution in [3.63, 3.8) is 0 Å². The normalized spacial score (nSPS) is 12.6. The van der Waals surface area contributed by atoms with Crippen LogP contribution >= 0.6 is 0 Å². The molecule has 0 fully saturated rings. The maximum Gasteiger partial charge on any atom is 0.265 e. The van der Waals surface area contributed by atoms with Crippen molar-refractivity contribution in [3.05, 3.63) is 66.2 Å². The number of aliphatic hydroxyl groups excluding tert-OH is 2. The van der Waals surface area contributed by atoms with Crippen LogP contribution in [0.4, 0.5) is 5.69 Å². The monoisotopic (exact) mass is 569 g/mol. The number of aliphatic hydroxyl groups is 2. The third-order valence-electron chi connectivity index (χ3n) is 5.77. The van der Waals surface area contributed by atoms with E-state index in [1.807, 2.05) is 20.8 Å². The van der Waals surface area contributed by atoms with Gasteiger partial charge in [-0.15, -0.1) is 10.2 Å². The lowest BCUT2D eigenvalue weighted by Gasteiger charge is -2.29. The number of aromatic nitrogens is 4. The number of benzene rings is 3. The molecule has 0 amide bonds. The van der Waals surface area contributed by atoms with Crippen molar-refractivity contribution in [2.45, 2.75) is 37.2 Å². The third kappa shape index (κ3) is 6.33. The zero-order chi connectivity index (χ0) is 28.9. The largest absolute Gasteiger partial charge is 0.493 e. The molecule has 0 spiro atoms. The molecular weight excluding hydrogens is 538 g/mol. The zero-order valence-corrected chi connectivity index (χ0v) is 23.3. The standard InChI is InChI=1S/C27H31N5O7S/c1-27(2,3)23-19(26-28-31-32-29-26)14-22(40(35,36)30-17-10-6-5-7-11-17)24(25(23)38-16-18(34)15-33)39-21-13-9-8-12-20(21)37-4/h5-14,18,30,33-34H,15-16H2,1-4H3,(H,28,29,31,32). The fraction of sp³-hybridized carbons (Fsp3) is 0.296. The molecule has 4 rings (SSSR count). The summed E-state index contributed by atoms with van der Waals surface area (Å²) in [6.07, 6.45) is -1.25. The predicted octanol–water partition coefficient (Wildman–Crippen LogP) is 3.50. The highest BCUT2D eigenvalue weighted by Crippen LogP contribution is 2.50. The van der Waals surface area contributed by atoms with Crippen LogP contribution in [-0.4, -0.2) is 65.7 Å². The number of rotatable bonds is 11. The van der Waals surface area contributed by atoms with Gasteiger partial charge in [-0.2, -0.15) is 5.21 Å². The lowest BCUT2D eigenvalue weighted by atomic mass is 9.82. The van der Waals surface area contributed by atoms with Crippen LogP contribution in [0.5, 0.6) is 23.0 Å². The Hall–Kier alpha value is -4.20. The van der Waals surface area contributed by atoms with Crippen molar-refractivity contribution in [1.82, 2.24) is 20.6 Å². The summed E-state index contributed by atoms with van der Waals surface area (Å²) >= 11 is 0. The minimum Gasteiger partial charge on any atom is -0.493 e. The van der Waals surface area contributed by atoms with Crippen molar-refractivity contribution in [1.29, 1.82) is 0 Å². The number of nitrogens with zero attached hydrogens (tertiary/aromatic N) is 3. The number of anilines is 1. The van der Waals surface area contributed by atoms with Gasteiger partial charge in [0.25, 0.3) is 10.0 Å². The number of ether oxygens (including phenoxy) is 3. The second-order valence-electron chi connectivity index (χ2n) is 9.81. The maximum absolute atomic E-state index is 14.0. The summed E-state index contributed by atoms with van der Waals surface area (Å²) in [4.78, 5) is -0.288. The Balaban J connectivity index is 2.06. The lowest BCUT2D eigenvalue weighted by Crippen LogP contribution is -2.25. The Morgan fingerprint density at radius 1 is 1.02 bits per heavy atom. The molecule has 1 aromatic heterocycles. The van der Waals surface area contributed by atoms with E-state index >= 15 is 0 Å². The quantitative estimate of drug-likeness (QED) is 0.210. The maximum atomic E-state index is 14.0. The van der Waals surface area contributed by atoms with E-state index in [0.717, 1.165) is 0 Å². The molecule has 4 aromatic rings. The molecule has 1 unspecified atom stereocenters. The smallest absolute Gasteiger partial charge is 0.265 e. The number of hydrogen-bond acceptors (Lipinski definition) is 10. The van der Waals surface area contributed by atoms with E-state index in [0.29, 0.717) is 22.6 Å². The van der Waals surface area contributed by atoms with Crippen LogP contribution in [0.25, 0.3) is 11.4 Å². The molecule has 1 heterocycles. The molecule has 3 aromatic carbocycles. The fourth-order valence-electron chi connectivity index (χ4n) is 4.01. The second-order valence-corrected chi connectivity index (χ2v) is 11.5. The molecule has 0 aliphatic heterocycles. The van der Waals surface area contributed by atoms with Crippen LogP contribution in [-0.2, 0) is 15.4 Å². The number of para-hydroxylation sites is 3. The van der Waals surface area contributed by atoms with Gasteiger partial charge < -0.3 is 24.4 Å². The molecule has 12 nitrogen and oxygen atoms in total. The Kier molecular flexibility index (Phi) is 8.57. The number of hydrogen-bond donors (Lipinski definition) is 4. The van der Waals surface area contributed by atoms with E-state index < -0.39 is 28.1 Å². The molecule has 0 saturated heterocycles. The molecule has 0 aliphatic carbocycles. The van der Waals surface area contributed by atoms with Gasteiger partial charge in [-0.1, -0.05) is 51.1 Å². The molecule has 0 saturated carbocycles. The van der Waals surface area contributed by atoms with Crippen molar-refractivity contribution in [2.75, 3.05) is 25.0 Å². The van der Waals surface area contributed by atoms with Gasteiger partial charge in [0.2, 0.25) is 5.82 Å². The van der Waals surface area contributed by atoms with Crippen LogP contribution in [0.15, 0.2) is 65.6 Å². The number of H-pyrrole nitrogens is 1. The van der Waals surface area contributed by atoms with E-state index in [-0.39, 0.29) is 34.6 Å². The Morgan fingerprint density at radius 3 is 2.30 bits per heavy atom. The van der Waals surface area contributed by atoms with Gasteiger partial charge >= 0.3 is 0 Å². The average Bonchev–Trinajstić information content (AvgIpc) is 3.46. The highest BCUT2D eigenvalue weighted by Gasteiger charge is 2.35. The molecule has 0 bridgehead atoms. The molecule has 1 atom stereocenters. The topological polar surface area (TPSA) is 169 Å². The van der Waals surface area contributed by atoms with Crippen LogP contribution in [0.3, 0.4) is 0 Å². The van der Waals surface area contributed by atoms with E-state index in [9.17, 15) is 18.6 Å². The molecule has 4 N–H and O–H groups in total. The van der Waals surface area contributed by atoms with Crippen molar-refractivity contribution in [3.8, 4) is 34.4 Å². The van der Waals surface area contributed by atoms with E-state index in [4.69, 9.17) is 14.2 Å². The third-order valence-corrected chi connectivity index (χ3v) is 7.15. The summed E-state index contributed by atoms with van der Waals surface area (Å²) < 4.78 is 48.3. The summed E-state index contributed by atoms with van der Waals surface area (Å²) in [6.45, 7) is 4.75. The minimum atomic E-state index is -4.32. The van der Waals surface area contributed by atoms with Gasteiger partial charge in [-0.3, -0.25) is 4.72 Å². The van der Waals surface area contributed by atoms with Crippen molar-refractivity contribution >= 4 is 15.7 Å². The summed E-state index contributed by atoms with van der Waals surface area (Å²) in [7, 11) is -2.86. The summed E-state index contributed by atoms with van der Waals surface area (Å²) in [5.74, 6) is 0.554. The van der Waals surface area contributed by atoms with Gasteiger partial charge in [0, 0.05) is 16.8 Å². The van der Waals surface area contributed by atoms with Crippen LogP contribution in [0.1, 0.15) is 26.3 Å². The number of nitrogens with one attached hydrogen (secondary N) is 2. The fourth-order valence-corrected chi connectivity index (χ4v) is 5.22. The minimum absolute atomic E-state index is 0.0154. The summed E-state index contributed by atoms with van der Waals surface area (Å²) in [6, 6.07) is 16.5. The molecule has 0 aliphatic rings. The van der Waals surface area contributed by atoms with Crippen LogP contribution in [0.2, 0.25) is 0 Å². The number of aromatic amines is 1. The van der Waals surface area contributed by atoms with Gasteiger partial charge in [0.15, 0.2) is 23.0 Å². The molecule has 13 heteroatoms. The highest BCUT2D eigenvalue weighted by molar-refractivity contribution is 7.92. The summed E-state index contributed by atoms with van der Waals surface area (Å²) in [5, 5.41) is 33.8. The molecular formula is C27H31N5O7S. The van der Waals surface area contributed by atoms with E-state index in [2.05, 4.69) is 25.3 Å². The Labute approximate surface area is 232 Å². The predicted molar refractivity (Wildman–Crippen MR) is 147 cm³/mol. The molecule has 40 heavy (non-hydrogen) atoms. The Morgan fingerprint density at radius 2 is 1.70 bits per heavy atom. The van der Waals surface area contributed by atoms with Crippen LogP contribution in [0, 0.1) is 0 Å². The van der Waals surface area contributed by atoms with Crippen molar-refractivity contribution in [2.24, 2.45) is 0 Å². The molecule has 0 radical (unpaired) electrons. The van der Waals surface area contributed by atoms with Crippen LogP contribution < -0.4 is 18.9 Å². The molecule has 212 valence electrons. The average molecular weight is 570 g/mol. The number of methoxy groups -OCH3 is 1. The first-order valence-electron chi connectivity index (χ1n) is 12.3. The second kappa shape index (κ2) is 11.9. The van der Waals surface area contributed by atoms with Gasteiger partial charge in [-0.25, -0.2) is 8.42 Å². The first-order chi connectivity index (χ1) is 19.0. The van der Waals surface area contributed by atoms with E-state index in [1.165, 1.54) is 13.2 Å². The summed E-state index contributed by atoms with van der Waals surface area (Å²) in [5.41, 5.74) is 0.451. The number of sulfonamides is 1. The first-order valence-corrected chi connectivity index (χ1v) is 13.8. The van der Waals surface area contributed by atoms with Gasteiger partial charge in [0.05, 0.1) is 13.7 Å². The first kappa shape index (κ1) is 28.8. The zero-order valence-electron chi connectivity index (χ0n) is 22.5.